The van der Waals surface area contributed by atoms with Crippen LogP contribution >= 0.6 is 0 Å². The molecule has 1 fully saturated rings. The molecular weight excluding hydrogens is 262 g/mol. The maximum Gasteiger partial charge on any atom is 0.244 e. The van der Waals surface area contributed by atoms with Crippen molar-refractivity contribution in [2.24, 2.45) is 11.8 Å². The first kappa shape index (κ1) is 15.6. The Hall–Kier alpha value is -1.77. The molecule has 2 rings (SSSR count). The Bertz CT molecular complexity index is 492. The van der Waals surface area contributed by atoms with Crippen LogP contribution in [-0.4, -0.2) is 19.1 Å². The number of benzene rings is 1. The van der Waals surface area contributed by atoms with Crippen LogP contribution in [0.5, 0.6) is 5.75 Å². The van der Waals surface area contributed by atoms with E-state index in [0.29, 0.717) is 17.9 Å². The molecule has 21 heavy (non-hydrogen) atoms. The molecule has 0 unspecified atom stereocenters. The average molecular weight is 287 g/mol. The molecule has 1 aliphatic rings. The number of carbonyl (C=O) groups excluding carboxylic acids is 1. The highest BCUT2D eigenvalue weighted by Crippen LogP contribution is 2.29. The van der Waals surface area contributed by atoms with Gasteiger partial charge in [0.15, 0.2) is 0 Å². The molecule has 0 spiro atoms. The van der Waals surface area contributed by atoms with E-state index >= 15 is 0 Å². The number of ether oxygens (including phenoxy) is 1. The quantitative estimate of drug-likeness (QED) is 0.858. The van der Waals surface area contributed by atoms with Gasteiger partial charge in [0, 0.05) is 12.1 Å². The molecule has 3 heteroatoms. The predicted octanol–water partition coefficient (Wildman–Crippen LogP) is 3.65. The zero-order valence-corrected chi connectivity index (χ0v) is 13.1. The third-order valence-electron chi connectivity index (χ3n) is 4.58. The molecule has 1 saturated carbocycles. The minimum absolute atomic E-state index is 0.00299. The van der Waals surface area contributed by atoms with Gasteiger partial charge in [-0.3, -0.25) is 4.79 Å². The normalized spacial score (nSPS) is 25.8. The van der Waals surface area contributed by atoms with E-state index in [1.54, 1.807) is 13.2 Å². The van der Waals surface area contributed by atoms with Crippen molar-refractivity contribution in [1.82, 2.24) is 5.32 Å². The van der Waals surface area contributed by atoms with Crippen molar-refractivity contribution in [2.75, 3.05) is 7.11 Å². The van der Waals surface area contributed by atoms with Gasteiger partial charge in [-0.1, -0.05) is 38.8 Å². The molecule has 114 valence electrons. The van der Waals surface area contributed by atoms with Crippen LogP contribution in [0.25, 0.3) is 6.08 Å². The van der Waals surface area contributed by atoms with Crippen LogP contribution in [0, 0.1) is 11.8 Å². The van der Waals surface area contributed by atoms with E-state index in [0.717, 1.165) is 17.7 Å². The Kier molecular flexibility index (Phi) is 5.43. The molecule has 0 heterocycles. The van der Waals surface area contributed by atoms with E-state index in [4.69, 9.17) is 4.74 Å². The highest BCUT2D eigenvalue weighted by molar-refractivity contribution is 5.91. The molecule has 0 aromatic heterocycles. The van der Waals surface area contributed by atoms with Crippen LogP contribution < -0.4 is 10.1 Å². The number of nitrogens with one attached hydrogen (secondary N) is 1. The molecule has 1 amide bonds. The fraction of sp³-hybridized carbons (Fsp3) is 0.500. The third-order valence-corrected chi connectivity index (χ3v) is 4.58. The maximum atomic E-state index is 12.0. The lowest BCUT2D eigenvalue weighted by atomic mass is 9.78. The van der Waals surface area contributed by atoms with Gasteiger partial charge in [-0.25, -0.2) is 0 Å². The lowest BCUT2D eigenvalue weighted by Crippen LogP contribution is -2.43. The molecule has 3 atom stereocenters. The van der Waals surface area contributed by atoms with Crippen molar-refractivity contribution in [3.8, 4) is 5.75 Å². The maximum absolute atomic E-state index is 12.0. The van der Waals surface area contributed by atoms with Crippen molar-refractivity contribution in [3.63, 3.8) is 0 Å². The second-order valence-electron chi connectivity index (χ2n) is 5.99. The Morgan fingerprint density at radius 3 is 2.62 bits per heavy atom. The lowest BCUT2D eigenvalue weighted by Gasteiger charge is -2.34. The Morgan fingerprint density at radius 2 is 1.95 bits per heavy atom. The van der Waals surface area contributed by atoms with E-state index < -0.39 is 0 Å². The topological polar surface area (TPSA) is 38.3 Å². The van der Waals surface area contributed by atoms with Crippen LogP contribution in [0.2, 0.25) is 0 Å². The van der Waals surface area contributed by atoms with E-state index in [1.807, 2.05) is 30.3 Å². The summed E-state index contributed by atoms with van der Waals surface area (Å²) in [5.41, 5.74) is 0.996. The van der Waals surface area contributed by atoms with E-state index in [-0.39, 0.29) is 5.91 Å². The van der Waals surface area contributed by atoms with Crippen LogP contribution in [0.15, 0.2) is 30.3 Å². The zero-order chi connectivity index (χ0) is 15.2. The van der Waals surface area contributed by atoms with E-state index in [9.17, 15) is 4.79 Å². The second kappa shape index (κ2) is 7.30. The third kappa shape index (κ3) is 4.35. The fourth-order valence-corrected chi connectivity index (χ4v) is 2.90. The SMILES string of the molecule is COc1ccc(/C=C/C(=O)N[C@H]2CCC[C@@H](C)[C@H]2C)cc1. The zero-order valence-electron chi connectivity index (χ0n) is 13.1. The highest BCUT2D eigenvalue weighted by atomic mass is 16.5. The number of carbonyl (C=O) groups is 1. The van der Waals surface area contributed by atoms with Crippen molar-refractivity contribution in [3.05, 3.63) is 35.9 Å². The van der Waals surface area contributed by atoms with Crippen molar-refractivity contribution in [1.29, 1.82) is 0 Å². The van der Waals surface area contributed by atoms with Crippen molar-refractivity contribution < 1.29 is 9.53 Å². The molecule has 0 radical (unpaired) electrons. The smallest absolute Gasteiger partial charge is 0.244 e. The van der Waals surface area contributed by atoms with Gasteiger partial charge < -0.3 is 10.1 Å². The van der Waals surface area contributed by atoms with Crippen molar-refractivity contribution in [2.45, 2.75) is 39.2 Å². The molecule has 1 aliphatic carbocycles. The van der Waals surface area contributed by atoms with Gasteiger partial charge >= 0.3 is 0 Å². The predicted molar refractivity (Wildman–Crippen MR) is 86.1 cm³/mol. The summed E-state index contributed by atoms with van der Waals surface area (Å²) >= 11 is 0. The standard InChI is InChI=1S/C18H25NO2/c1-13-5-4-6-17(14(13)2)19-18(20)12-9-15-7-10-16(21-3)11-8-15/h7-14,17H,4-6H2,1-3H3,(H,19,20)/b12-9+/t13-,14-,17+/m1/s1. The summed E-state index contributed by atoms with van der Waals surface area (Å²) in [6.45, 7) is 4.51. The number of amides is 1. The minimum Gasteiger partial charge on any atom is -0.497 e. The summed E-state index contributed by atoms with van der Waals surface area (Å²) in [5.74, 6) is 2.06. The summed E-state index contributed by atoms with van der Waals surface area (Å²) < 4.78 is 5.11. The molecule has 3 nitrogen and oxygen atoms in total. The largest absolute Gasteiger partial charge is 0.497 e. The average Bonchev–Trinajstić information content (AvgIpc) is 2.50. The van der Waals surface area contributed by atoms with E-state index in [2.05, 4.69) is 19.2 Å². The van der Waals surface area contributed by atoms with Gasteiger partial charge in [-0.2, -0.15) is 0 Å². The summed E-state index contributed by atoms with van der Waals surface area (Å²) in [6.07, 6.45) is 7.03. The van der Waals surface area contributed by atoms with E-state index in [1.165, 1.54) is 12.8 Å². The lowest BCUT2D eigenvalue weighted by molar-refractivity contribution is -0.117. The number of hydrogen-bond acceptors (Lipinski definition) is 2. The Labute approximate surface area is 127 Å². The second-order valence-corrected chi connectivity index (χ2v) is 5.99. The van der Waals surface area contributed by atoms with Crippen molar-refractivity contribution >= 4 is 12.0 Å². The summed E-state index contributed by atoms with van der Waals surface area (Å²) in [6, 6.07) is 7.97. The summed E-state index contributed by atoms with van der Waals surface area (Å²) in [5, 5.41) is 3.14. The molecule has 0 saturated heterocycles. The first-order chi connectivity index (χ1) is 10.1. The van der Waals surface area contributed by atoms with Gasteiger partial charge in [-0.15, -0.1) is 0 Å². The van der Waals surface area contributed by atoms with Gasteiger partial charge in [-0.05, 0) is 42.0 Å². The number of rotatable bonds is 4. The molecular formula is C18H25NO2. The number of hydrogen-bond donors (Lipinski definition) is 1. The van der Waals surface area contributed by atoms with Gasteiger partial charge in [0.1, 0.15) is 5.75 Å². The number of methoxy groups -OCH3 is 1. The van der Waals surface area contributed by atoms with Crippen LogP contribution in [-0.2, 0) is 4.79 Å². The molecule has 1 N–H and O–H groups in total. The van der Waals surface area contributed by atoms with Crippen LogP contribution in [0.1, 0.15) is 38.7 Å². The molecule has 0 bridgehead atoms. The minimum atomic E-state index is -0.00299. The fourth-order valence-electron chi connectivity index (χ4n) is 2.90. The van der Waals surface area contributed by atoms with Crippen LogP contribution in [0.4, 0.5) is 0 Å². The molecule has 1 aromatic rings. The van der Waals surface area contributed by atoms with Crippen LogP contribution in [0.3, 0.4) is 0 Å². The summed E-state index contributed by atoms with van der Waals surface area (Å²) in [7, 11) is 1.64. The summed E-state index contributed by atoms with van der Waals surface area (Å²) in [4.78, 5) is 12.0. The first-order valence-electron chi connectivity index (χ1n) is 7.73. The highest BCUT2D eigenvalue weighted by Gasteiger charge is 2.27. The molecule has 0 aliphatic heterocycles. The molecule has 1 aromatic carbocycles. The first-order valence-corrected chi connectivity index (χ1v) is 7.73. The monoisotopic (exact) mass is 287 g/mol. The van der Waals surface area contributed by atoms with Gasteiger partial charge in [0.25, 0.3) is 0 Å². The van der Waals surface area contributed by atoms with Gasteiger partial charge in [0.2, 0.25) is 5.91 Å². The Morgan fingerprint density at radius 1 is 1.24 bits per heavy atom. The Balaban J connectivity index is 1.89. The van der Waals surface area contributed by atoms with Gasteiger partial charge in [0.05, 0.1) is 7.11 Å².